The number of rotatable bonds is 10. The smallest absolute Gasteiger partial charge is 0.247 e. The SMILES string of the molecule is COc1cccc(C(C(=O)NC2CCCCC2)N(Cc2ccccc2)C(=O)Cc2cccs2)c1OC. The van der Waals surface area contributed by atoms with Crippen LogP contribution in [0.15, 0.2) is 66.0 Å². The van der Waals surface area contributed by atoms with Crippen LogP contribution in [-0.2, 0) is 22.6 Å². The van der Waals surface area contributed by atoms with Crippen LogP contribution < -0.4 is 14.8 Å². The summed E-state index contributed by atoms with van der Waals surface area (Å²) in [6, 6.07) is 18.4. The summed E-state index contributed by atoms with van der Waals surface area (Å²) in [7, 11) is 3.13. The summed E-state index contributed by atoms with van der Waals surface area (Å²) < 4.78 is 11.3. The Balaban J connectivity index is 1.77. The molecular weight excluding hydrogens is 472 g/mol. The molecule has 190 valence electrons. The summed E-state index contributed by atoms with van der Waals surface area (Å²) in [5, 5.41) is 5.22. The van der Waals surface area contributed by atoms with E-state index in [2.05, 4.69) is 5.32 Å². The Morgan fingerprint density at radius 1 is 0.972 bits per heavy atom. The molecule has 0 radical (unpaired) electrons. The van der Waals surface area contributed by atoms with E-state index in [1.165, 1.54) is 6.42 Å². The van der Waals surface area contributed by atoms with Crippen LogP contribution in [0.3, 0.4) is 0 Å². The van der Waals surface area contributed by atoms with E-state index in [0.717, 1.165) is 36.1 Å². The Morgan fingerprint density at radius 2 is 1.75 bits per heavy atom. The fourth-order valence-electron chi connectivity index (χ4n) is 4.87. The minimum Gasteiger partial charge on any atom is -0.493 e. The van der Waals surface area contributed by atoms with Crippen LogP contribution >= 0.6 is 11.3 Å². The molecule has 3 aromatic rings. The molecule has 1 aliphatic carbocycles. The fourth-order valence-corrected chi connectivity index (χ4v) is 5.57. The highest BCUT2D eigenvalue weighted by Crippen LogP contribution is 2.38. The molecule has 1 aliphatic rings. The molecule has 1 aromatic heterocycles. The molecule has 1 heterocycles. The van der Waals surface area contributed by atoms with Gasteiger partial charge in [-0.2, -0.15) is 0 Å². The molecule has 0 aliphatic heterocycles. The molecule has 2 amide bonds. The summed E-state index contributed by atoms with van der Waals surface area (Å²) in [5.74, 6) is 0.681. The lowest BCUT2D eigenvalue weighted by molar-refractivity contribution is -0.141. The first-order valence-corrected chi connectivity index (χ1v) is 13.4. The van der Waals surface area contributed by atoms with Crippen LogP contribution in [0.2, 0.25) is 0 Å². The molecule has 1 N–H and O–H groups in total. The van der Waals surface area contributed by atoms with Crippen molar-refractivity contribution in [1.29, 1.82) is 0 Å². The minimum atomic E-state index is -0.871. The number of methoxy groups -OCH3 is 2. The van der Waals surface area contributed by atoms with Crippen LogP contribution in [0.5, 0.6) is 11.5 Å². The van der Waals surface area contributed by atoms with Gasteiger partial charge in [-0.3, -0.25) is 9.59 Å². The van der Waals surface area contributed by atoms with E-state index in [1.54, 1.807) is 36.5 Å². The van der Waals surface area contributed by atoms with Crippen molar-refractivity contribution in [3.63, 3.8) is 0 Å². The van der Waals surface area contributed by atoms with Crippen LogP contribution in [0, 0.1) is 0 Å². The van der Waals surface area contributed by atoms with Gasteiger partial charge in [-0.05, 0) is 35.9 Å². The highest BCUT2D eigenvalue weighted by atomic mass is 32.1. The first kappa shape index (κ1) is 25.8. The van der Waals surface area contributed by atoms with Crippen molar-refractivity contribution in [1.82, 2.24) is 10.2 Å². The maximum Gasteiger partial charge on any atom is 0.247 e. The lowest BCUT2D eigenvalue weighted by atomic mass is 9.94. The van der Waals surface area contributed by atoms with E-state index >= 15 is 0 Å². The van der Waals surface area contributed by atoms with Crippen molar-refractivity contribution >= 4 is 23.2 Å². The van der Waals surface area contributed by atoms with E-state index < -0.39 is 6.04 Å². The molecule has 0 saturated heterocycles. The van der Waals surface area contributed by atoms with Crippen molar-refractivity contribution in [3.8, 4) is 11.5 Å². The predicted molar refractivity (Wildman–Crippen MR) is 142 cm³/mol. The second-order valence-corrected chi connectivity index (χ2v) is 10.1. The zero-order valence-electron chi connectivity index (χ0n) is 20.9. The van der Waals surface area contributed by atoms with Crippen LogP contribution in [0.25, 0.3) is 0 Å². The Kier molecular flexibility index (Phi) is 9.01. The molecule has 1 fully saturated rings. The van der Waals surface area contributed by atoms with Gasteiger partial charge in [0.1, 0.15) is 6.04 Å². The number of hydrogen-bond acceptors (Lipinski definition) is 5. The van der Waals surface area contributed by atoms with Gasteiger partial charge in [0.25, 0.3) is 0 Å². The van der Waals surface area contributed by atoms with Gasteiger partial charge in [0.15, 0.2) is 11.5 Å². The zero-order chi connectivity index (χ0) is 25.3. The first-order chi connectivity index (χ1) is 17.6. The maximum absolute atomic E-state index is 14.0. The van der Waals surface area contributed by atoms with Crippen molar-refractivity contribution in [3.05, 3.63) is 82.0 Å². The van der Waals surface area contributed by atoms with Crippen LogP contribution in [-0.4, -0.2) is 37.0 Å². The fraction of sp³-hybridized carbons (Fsp3) is 0.379. The van der Waals surface area contributed by atoms with Gasteiger partial charge in [-0.15, -0.1) is 11.3 Å². The second-order valence-electron chi connectivity index (χ2n) is 9.09. The number of para-hydroxylation sites is 1. The average Bonchev–Trinajstić information content (AvgIpc) is 3.42. The third-order valence-electron chi connectivity index (χ3n) is 6.66. The quantitative estimate of drug-likeness (QED) is 0.393. The molecule has 36 heavy (non-hydrogen) atoms. The number of amides is 2. The lowest BCUT2D eigenvalue weighted by Gasteiger charge is -2.34. The Morgan fingerprint density at radius 3 is 2.42 bits per heavy atom. The molecule has 4 rings (SSSR count). The number of hydrogen-bond donors (Lipinski definition) is 1. The third kappa shape index (κ3) is 6.26. The number of carbonyl (C=O) groups excluding carboxylic acids is 2. The van der Waals surface area contributed by atoms with Crippen molar-refractivity contribution in [2.75, 3.05) is 14.2 Å². The van der Waals surface area contributed by atoms with Crippen molar-refractivity contribution in [2.24, 2.45) is 0 Å². The summed E-state index contributed by atoms with van der Waals surface area (Å²) in [5.41, 5.74) is 1.56. The van der Waals surface area contributed by atoms with E-state index in [4.69, 9.17) is 9.47 Å². The van der Waals surface area contributed by atoms with Gasteiger partial charge < -0.3 is 19.7 Å². The third-order valence-corrected chi connectivity index (χ3v) is 7.54. The standard InChI is InChI=1S/C29H34N2O4S/c1-34-25-17-9-16-24(28(25)35-2)27(29(33)30-22-13-7-4-8-14-22)31(20-21-11-5-3-6-12-21)26(32)19-23-15-10-18-36-23/h3,5-6,9-12,15-18,22,27H,4,7-8,13-14,19-20H2,1-2H3,(H,30,33). The topological polar surface area (TPSA) is 67.9 Å². The molecular formula is C29H34N2O4S. The van der Waals surface area contributed by atoms with Gasteiger partial charge >= 0.3 is 0 Å². The van der Waals surface area contributed by atoms with Gasteiger partial charge in [0, 0.05) is 23.0 Å². The Bertz CT molecular complexity index is 1130. The van der Waals surface area contributed by atoms with E-state index in [9.17, 15) is 9.59 Å². The average molecular weight is 507 g/mol. The number of carbonyl (C=O) groups is 2. The van der Waals surface area contributed by atoms with Gasteiger partial charge in [-0.25, -0.2) is 0 Å². The Hall–Kier alpha value is -3.32. The second kappa shape index (κ2) is 12.6. The minimum absolute atomic E-state index is 0.108. The maximum atomic E-state index is 14.0. The van der Waals surface area contributed by atoms with Crippen molar-refractivity contribution in [2.45, 2.75) is 57.2 Å². The summed E-state index contributed by atoms with van der Waals surface area (Å²) in [6.07, 6.45) is 5.53. The summed E-state index contributed by atoms with van der Waals surface area (Å²) in [4.78, 5) is 30.5. The number of nitrogens with one attached hydrogen (secondary N) is 1. The molecule has 2 aromatic carbocycles. The summed E-state index contributed by atoms with van der Waals surface area (Å²) in [6.45, 7) is 0.300. The summed E-state index contributed by atoms with van der Waals surface area (Å²) >= 11 is 1.54. The molecule has 1 saturated carbocycles. The van der Waals surface area contributed by atoms with E-state index in [1.807, 2.05) is 60.0 Å². The van der Waals surface area contributed by atoms with E-state index in [0.29, 0.717) is 23.6 Å². The normalized spacial score (nSPS) is 14.6. The largest absolute Gasteiger partial charge is 0.493 e. The Labute approximate surface area is 217 Å². The van der Waals surface area contributed by atoms with Gasteiger partial charge in [0.2, 0.25) is 11.8 Å². The highest BCUT2D eigenvalue weighted by Gasteiger charge is 2.35. The highest BCUT2D eigenvalue weighted by molar-refractivity contribution is 7.10. The number of nitrogens with zero attached hydrogens (tertiary/aromatic N) is 1. The zero-order valence-corrected chi connectivity index (χ0v) is 21.8. The predicted octanol–water partition coefficient (Wildman–Crippen LogP) is 5.53. The van der Waals surface area contributed by atoms with Crippen molar-refractivity contribution < 1.29 is 19.1 Å². The lowest BCUT2D eigenvalue weighted by Crippen LogP contribution is -2.47. The van der Waals surface area contributed by atoms with Crippen LogP contribution in [0.4, 0.5) is 0 Å². The molecule has 1 atom stereocenters. The molecule has 0 spiro atoms. The van der Waals surface area contributed by atoms with Gasteiger partial charge in [0.05, 0.1) is 20.6 Å². The van der Waals surface area contributed by atoms with Gasteiger partial charge in [-0.1, -0.05) is 67.8 Å². The molecule has 6 nitrogen and oxygen atoms in total. The number of ether oxygens (including phenoxy) is 2. The monoisotopic (exact) mass is 506 g/mol. The molecule has 1 unspecified atom stereocenters. The van der Waals surface area contributed by atoms with Crippen LogP contribution in [0.1, 0.15) is 54.1 Å². The number of benzene rings is 2. The van der Waals surface area contributed by atoms with E-state index in [-0.39, 0.29) is 24.3 Å². The molecule has 7 heteroatoms. The number of thiophene rings is 1. The first-order valence-electron chi connectivity index (χ1n) is 12.5. The molecule has 0 bridgehead atoms.